The molecular weight excluding hydrogens is 517 g/mol. The van der Waals surface area contributed by atoms with Crippen LogP contribution in [0.15, 0.2) is 30.3 Å². The van der Waals surface area contributed by atoms with Crippen molar-refractivity contribution < 1.29 is 62.2 Å². The van der Waals surface area contributed by atoms with Crippen molar-refractivity contribution in [3.05, 3.63) is 80.4 Å². The van der Waals surface area contributed by atoms with Gasteiger partial charge < -0.3 is 29.9 Å². The smallest absolute Gasteiger partial charge is 0.417 e. The molecule has 13 heteroatoms. The Morgan fingerprint density at radius 1 is 0.605 bits per heavy atom. The molecule has 0 amide bonds. The van der Waals surface area contributed by atoms with Crippen LogP contribution in [0.3, 0.4) is 0 Å². The van der Waals surface area contributed by atoms with Gasteiger partial charge in [0.1, 0.15) is 23.0 Å². The Balaban J connectivity index is 1.63. The van der Waals surface area contributed by atoms with E-state index in [-0.39, 0.29) is 29.2 Å². The molecule has 0 fully saturated rings. The first kappa shape index (κ1) is 24.6. The zero-order valence-corrected chi connectivity index (χ0v) is 18.7. The monoisotopic (exact) mass is 530 g/mol. The summed E-state index contributed by atoms with van der Waals surface area (Å²) >= 11 is 0. The lowest BCUT2D eigenvalue weighted by Gasteiger charge is -2.28. The summed E-state index contributed by atoms with van der Waals surface area (Å²) in [5.41, 5.74) is -4.67. The Kier molecular flexibility index (Phi) is 5.33. The van der Waals surface area contributed by atoms with Gasteiger partial charge in [0, 0.05) is 30.0 Å². The van der Waals surface area contributed by atoms with Gasteiger partial charge in [-0.2, -0.15) is 13.2 Å². The first-order chi connectivity index (χ1) is 17.8. The summed E-state index contributed by atoms with van der Waals surface area (Å²) in [5, 5.41) is 37.5. The number of rotatable bonds is 4. The number of carboxylic acids is 4. The molecule has 194 valence electrons. The van der Waals surface area contributed by atoms with Crippen molar-refractivity contribution in [3.8, 4) is 23.0 Å². The predicted molar refractivity (Wildman–Crippen MR) is 118 cm³/mol. The van der Waals surface area contributed by atoms with Gasteiger partial charge >= 0.3 is 30.1 Å². The standard InChI is InChI=1S/C25H13F3O10/c26-25(27,28)20-13-4-10-2-8-1-9-3-11(21(29)30)12(22(31)32)5-15(9)37-16(8)7-17(10)38-18(13)6-14(23(33)34)19(20)24(35)36/h2-3,5-7H,1,4H2,(H,29,30)(H,31,32)(H,33,34)(H,35,36). The van der Waals surface area contributed by atoms with Crippen LogP contribution in [0.5, 0.6) is 23.0 Å². The molecule has 2 aliphatic heterocycles. The highest BCUT2D eigenvalue weighted by Gasteiger charge is 2.43. The van der Waals surface area contributed by atoms with Crippen LogP contribution in [-0.4, -0.2) is 44.3 Å². The average molecular weight is 530 g/mol. The van der Waals surface area contributed by atoms with Crippen molar-refractivity contribution in [2.75, 3.05) is 0 Å². The third kappa shape index (κ3) is 3.84. The molecule has 4 N–H and O–H groups in total. The van der Waals surface area contributed by atoms with E-state index in [0.717, 1.165) is 18.2 Å². The van der Waals surface area contributed by atoms with Crippen LogP contribution in [0.25, 0.3) is 0 Å². The van der Waals surface area contributed by atoms with Gasteiger partial charge in [-0.1, -0.05) is 0 Å². The minimum absolute atomic E-state index is 0.0212. The van der Waals surface area contributed by atoms with E-state index in [1.54, 1.807) is 0 Å². The second-order valence-corrected chi connectivity index (χ2v) is 8.50. The minimum atomic E-state index is -5.21. The fourth-order valence-electron chi connectivity index (χ4n) is 4.64. The molecule has 0 saturated carbocycles. The van der Waals surface area contributed by atoms with Crippen LogP contribution >= 0.6 is 0 Å². The van der Waals surface area contributed by atoms with E-state index in [9.17, 15) is 52.8 Å². The normalized spacial score (nSPS) is 13.1. The second kappa shape index (κ2) is 8.23. The highest BCUT2D eigenvalue weighted by Crippen LogP contribution is 2.49. The van der Waals surface area contributed by atoms with Crippen LogP contribution in [0.4, 0.5) is 13.2 Å². The minimum Gasteiger partial charge on any atom is -0.478 e. The molecule has 38 heavy (non-hydrogen) atoms. The lowest BCUT2D eigenvalue weighted by molar-refractivity contribution is -0.138. The van der Waals surface area contributed by atoms with Crippen LogP contribution in [0.1, 0.15) is 69.2 Å². The van der Waals surface area contributed by atoms with Crippen LogP contribution in [-0.2, 0) is 19.0 Å². The predicted octanol–water partition coefficient (Wildman–Crippen LogP) is 4.89. The maximum absolute atomic E-state index is 14.0. The molecule has 0 saturated heterocycles. The summed E-state index contributed by atoms with van der Waals surface area (Å²) < 4.78 is 53.4. The van der Waals surface area contributed by atoms with Gasteiger partial charge in [0.05, 0.1) is 27.8 Å². The molecule has 0 spiro atoms. The molecule has 3 aromatic carbocycles. The molecule has 0 aromatic heterocycles. The zero-order chi connectivity index (χ0) is 27.7. The zero-order valence-electron chi connectivity index (χ0n) is 18.7. The molecule has 5 rings (SSSR count). The Labute approximate surface area is 209 Å². The molecule has 10 nitrogen and oxygen atoms in total. The number of halogens is 3. The topological polar surface area (TPSA) is 168 Å². The van der Waals surface area contributed by atoms with Gasteiger partial charge in [-0.25, -0.2) is 19.2 Å². The number of carbonyl (C=O) groups is 4. The number of ether oxygens (including phenoxy) is 2. The molecule has 0 atom stereocenters. The van der Waals surface area contributed by atoms with Crippen LogP contribution in [0.2, 0.25) is 0 Å². The molecule has 0 bridgehead atoms. The highest BCUT2D eigenvalue weighted by molar-refractivity contribution is 6.04. The van der Waals surface area contributed by atoms with Crippen molar-refractivity contribution in [2.24, 2.45) is 0 Å². The Morgan fingerprint density at radius 2 is 1.08 bits per heavy atom. The molecule has 0 radical (unpaired) electrons. The number of fused-ring (bicyclic) bond motifs is 4. The van der Waals surface area contributed by atoms with Gasteiger partial charge in [-0.05, 0) is 35.4 Å². The third-order valence-electron chi connectivity index (χ3n) is 6.21. The van der Waals surface area contributed by atoms with E-state index in [1.807, 2.05) is 0 Å². The van der Waals surface area contributed by atoms with Gasteiger partial charge in [0.15, 0.2) is 0 Å². The maximum atomic E-state index is 14.0. The SMILES string of the molecule is O=C(O)c1cc2c(cc1C(=O)O)Oc1cc3c(cc1C2)Cc1c(cc(C(=O)O)c(C(=O)O)c1C(F)(F)F)O3. The lowest BCUT2D eigenvalue weighted by Crippen LogP contribution is -2.22. The van der Waals surface area contributed by atoms with Crippen molar-refractivity contribution in [2.45, 2.75) is 19.0 Å². The fourth-order valence-corrected chi connectivity index (χ4v) is 4.64. The van der Waals surface area contributed by atoms with Gasteiger partial charge in [0.25, 0.3) is 0 Å². The quantitative estimate of drug-likeness (QED) is 0.251. The van der Waals surface area contributed by atoms with Gasteiger partial charge in [-0.3, -0.25) is 0 Å². The largest absolute Gasteiger partial charge is 0.478 e. The van der Waals surface area contributed by atoms with E-state index in [0.29, 0.717) is 11.1 Å². The Morgan fingerprint density at radius 3 is 1.63 bits per heavy atom. The van der Waals surface area contributed by atoms with Gasteiger partial charge in [-0.15, -0.1) is 0 Å². The maximum Gasteiger partial charge on any atom is 0.417 e. The van der Waals surface area contributed by atoms with E-state index in [1.165, 1.54) is 12.1 Å². The summed E-state index contributed by atoms with van der Waals surface area (Å²) in [6.07, 6.45) is -5.61. The van der Waals surface area contributed by atoms with E-state index in [4.69, 9.17) is 9.47 Å². The summed E-state index contributed by atoms with van der Waals surface area (Å²) in [6, 6.07) is 5.71. The average Bonchev–Trinajstić information content (AvgIpc) is 2.81. The Hall–Kier alpha value is -5.07. The lowest BCUT2D eigenvalue weighted by atomic mass is 9.87. The van der Waals surface area contributed by atoms with Crippen molar-refractivity contribution in [3.63, 3.8) is 0 Å². The number of benzene rings is 3. The van der Waals surface area contributed by atoms with E-state index in [2.05, 4.69) is 0 Å². The molecule has 2 aliphatic rings. The molecule has 0 unspecified atom stereocenters. The number of hydrogen-bond acceptors (Lipinski definition) is 6. The van der Waals surface area contributed by atoms with E-state index < -0.39 is 75.6 Å². The molecule has 0 aliphatic carbocycles. The number of carboxylic acid groups (broad SMARTS) is 4. The Bertz CT molecular complexity index is 1620. The summed E-state index contributed by atoms with van der Waals surface area (Å²) in [7, 11) is 0. The first-order valence-electron chi connectivity index (χ1n) is 10.6. The highest BCUT2D eigenvalue weighted by atomic mass is 19.4. The second-order valence-electron chi connectivity index (χ2n) is 8.50. The number of hydrogen-bond donors (Lipinski definition) is 4. The molecular formula is C25H13F3O10. The van der Waals surface area contributed by atoms with Crippen molar-refractivity contribution in [1.82, 2.24) is 0 Å². The molecule has 2 heterocycles. The fraction of sp³-hybridized carbons (Fsp3) is 0.120. The number of aromatic carboxylic acids is 4. The summed E-state index contributed by atoms with van der Waals surface area (Å²) in [6.45, 7) is 0. The first-order valence-corrected chi connectivity index (χ1v) is 10.6. The number of alkyl halides is 3. The van der Waals surface area contributed by atoms with Crippen LogP contribution in [0, 0.1) is 0 Å². The summed E-state index contributed by atoms with van der Waals surface area (Å²) in [5.74, 6) is -7.14. The van der Waals surface area contributed by atoms with Crippen molar-refractivity contribution in [1.29, 1.82) is 0 Å². The third-order valence-corrected chi connectivity index (χ3v) is 6.21. The van der Waals surface area contributed by atoms with Crippen LogP contribution < -0.4 is 9.47 Å². The van der Waals surface area contributed by atoms with Gasteiger partial charge in [0.2, 0.25) is 0 Å². The van der Waals surface area contributed by atoms with E-state index >= 15 is 0 Å². The van der Waals surface area contributed by atoms with Crippen molar-refractivity contribution >= 4 is 23.9 Å². The summed E-state index contributed by atoms with van der Waals surface area (Å²) in [4.78, 5) is 46.3. The molecule has 3 aromatic rings.